The van der Waals surface area contributed by atoms with Crippen molar-refractivity contribution in [2.75, 3.05) is 13.1 Å². The van der Waals surface area contributed by atoms with Gasteiger partial charge in [0.1, 0.15) is 5.25 Å². The van der Waals surface area contributed by atoms with E-state index >= 15 is 0 Å². The normalized spacial score (nSPS) is 16.3. The molecule has 4 nitrogen and oxygen atoms in total. The summed E-state index contributed by atoms with van der Waals surface area (Å²) in [6, 6.07) is 7.22. The summed E-state index contributed by atoms with van der Waals surface area (Å²) in [4.78, 5) is 26.1. The molecule has 0 radical (unpaired) electrons. The zero-order chi connectivity index (χ0) is 15.4. The first-order valence-electron chi connectivity index (χ1n) is 6.92. The van der Waals surface area contributed by atoms with Crippen molar-refractivity contribution in [3.05, 3.63) is 41.5 Å². The number of carboxylic acid groups (broad SMARTS) is 1. The van der Waals surface area contributed by atoms with Gasteiger partial charge in [-0.1, -0.05) is 23.8 Å². The van der Waals surface area contributed by atoms with Gasteiger partial charge in [-0.2, -0.15) is 0 Å². The molecule has 1 amide bonds. The van der Waals surface area contributed by atoms with Crippen molar-refractivity contribution < 1.29 is 14.7 Å². The van der Waals surface area contributed by atoms with E-state index in [9.17, 15) is 9.59 Å². The number of carboxylic acids is 1. The van der Waals surface area contributed by atoms with Crippen LogP contribution in [0.25, 0.3) is 0 Å². The molecular formula is C16H19NO3S. The summed E-state index contributed by atoms with van der Waals surface area (Å²) in [7, 11) is 0. The first-order chi connectivity index (χ1) is 9.99. The lowest BCUT2D eigenvalue weighted by Crippen LogP contribution is -2.35. The summed E-state index contributed by atoms with van der Waals surface area (Å²) in [6.45, 7) is 5.04. The average molecular weight is 305 g/mol. The van der Waals surface area contributed by atoms with Crippen molar-refractivity contribution in [3.63, 3.8) is 0 Å². The molecule has 1 aliphatic heterocycles. The van der Waals surface area contributed by atoms with E-state index in [1.165, 1.54) is 17.3 Å². The third kappa shape index (κ3) is 3.88. The van der Waals surface area contributed by atoms with Crippen molar-refractivity contribution in [2.24, 2.45) is 0 Å². The fourth-order valence-electron chi connectivity index (χ4n) is 2.11. The molecule has 0 aliphatic carbocycles. The van der Waals surface area contributed by atoms with Gasteiger partial charge in [0.05, 0.1) is 5.56 Å². The van der Waals surface area contributed by atoms with Crippen LogP contribution in [0.15, 0.2) is 40.8 Å². The third-order valence-corrected chi connectivity index (χ3v) is 4.66. The zero-order valence-corrected chi connectivity index (χ0v) is 13.0. The second-order valence-corrected chi connectivity index (χ2v) is 6.53. The Morgan fingerprint density at radius 2 is 2.05 bits per heavy atom. The van der Waals surface area contributed by atoms with Gasteiger partial charge in [-0.3, -0.25) is 9.59 Å². The highest BCUT2D eigenvalue weighted by atomic mass is 32.2. The second-order valence-electron chi connectivity index (χ2n) is 5.15. The Morgan fingerprint density at radius 1 is 1.33 bits per heavy atom. The van der Waals surface area contributed by atoms with E-state index in [2.05, 4.69) is 13.0 Å². The minimum Gasteiger partial charge on any atom is -0.480 e. The number of nitrogens with zero attached hydrogens (tertiary/aromatic N) is 1. The second kappa shape index (κ2) is 6.80. The van der Waals surface area contributed by atoms with E-state index in [1.807, 2.05) is 18.2 Å². The maximum atomic E-state index is 12.6. The molecule has 1 atom stereocenters. The number of thioether (sulfide) groups is 1. The largest absolute Gasteiger partial charge is 0.480 e. The monoisotopic (exact) mass is 305 g/mol. The summed E-state index contributed by atoms with van der Waals surface area (Å²) in [5, 5.41) is 8.45. The predicted octanol–water partition coefficient (Wildman–Crippen LogP) is 3.04. The Balaban J connectivity index is 2.19. The molecule has 0 saturated heterocycles. The van der Waals surface area contributed by atoms with Crippen LogP contribution < -0.4 is 0 Å². The Hall–Kier alpha value is -1.75. The van der Waals surface area contributed by atoms with Gasteiger partial charge in [0.15, 0.2) is 0 Å². The molecule has 112 valence electrons. The Morgan fingerprint density at radius 3 is 2.67 bits per heavy atom. The average Bonchev–Trinajstić information content (AvgIpc) is 2.47. The summed E-state index contributed by atoms with van der Waals surface area (Å²) < 4.78 is 0. The fourth-order valence-corrected chi connectivity index (χ4v) is 3.03. The van der Waals surface area contributed by atoms with Crippen molar-refractivity contribution in [1.82, 2.24) is 4.90 Å². The SMILES string of the molecule is CC1=CCN(C(=O)c2ccccc2SC(C)C(=O)O)CC1. The van der Waals surface area contributed by atoms with E-state index in [0.717, 1.165) is 11.3 Å². The fraction of sp³-hybridized carbons (Fsp3) is 0.375. The lowest BCUT2D eigenvalue weighted by molar-refractivity contribution is -0.136. The zero-order valence-electron chi connectivity index (χ0n) is 12.2. The number of carbonyl (C=O) groups excluding carboxylic acids is 1. The highest BCUT2D eigenvalue weighted by Gasteiger charge is 2.22. The van der Waals surface area contributed by atoms with E-state index in [-0.39, 0.29) is 5.91 Å². The first-order valence-corrected chi connectivity index (χ1v) is 7.80. The molecule has 1 aromatic carbocycles. The highest BCUT2D eigenvalue weighted by molar-refractivity contribution is 8.00. The molecule has 0 spiro atoms. The van der Waals surface area contributed by atoms with Crippen LogP contribution in [0.3, 0.4) is 0 Å². The molecule has 2 rings (SSSR count). The van der Waals surface area contributed by atoms with E-state index in [0.29, 0.717) is 18.7 Å². The maximum absolute atomic E-state index is 12.6. The van der Waals surface area contributed by atoms with Crippen LogP contribution in [0.1, 0.15) is 30.6 Å². The van der Waals surface area contributed by atoms with E-state index in [1.54, 1.807) is 17.9 Å². The van der Waals surface area contributed by atoms with Gasteiger partial charge in [0, 0.05) is 18.0 Å². The standard InChI is InChI=1S/C16H19NO3S/c1-11-7-9-17(10-8-11)15(18)13-5-3-4-6-14(13)21-12(2)16(19)20/h3-7,12H,8-10H2,1-2H3,(H,19,20). The lowest BCUT2D eigenvalue weighted by atomic mass is 10.1. The minimum atomic E-state index is -0.876. The maximum Gasteiger partial charge on any atom is 0.316 e. The molecule has 1 N–H and O–H groups in total. The molecule has 21 heavy (non-hydrogen) atoms. The molecule has 0 aromatic heterocycles. The summed E-state index contributed by atoms with van der Waals surface area (Å²) in [5.74, 6) is -0.904. The quantitative estimate of drug-likeness (QED) is 0.686. The number of hydrogen-bond acceptors (Lipinski definition) is 3. The van der Waals surface area contributed by atoms with Gasteiger partial charge in [-0.25, -0.2) is 0 Å². The summed E-state index contributed by atoms with van der Waals surface area (Å²) in [5.41, 5.74) is 1.89. The van der Waals surface area contributed by atoms with Crippen LogP contribution in [0.4, 0.5) is 0 Å². The van der Waals surface area contributed by atoms with Gasteiger partial charge >= 0.3 is 5.97 Å². The van der Waals surface area contributed by atoms with E-state index < -0.39 is 11.2 Å². The Kier molecular flexibility index (Phi) is 5.07. The van der Waals surface area contributed by atoms with Gasteiger partial charge < -0.3 is 10.0 Å². The third-order valence-electron chi connectivity index (χ3n) is 3.49. The molecular weight excluding hydrogens is 286 g/mol. The Labute approximate surface area is 128 Å². The number of amides is 1. The first kappa shape index (κ1) is 15.6. The van der Waals surface area contributed by atoms with Gasteiger partial charge in [0.2, 0.25) is 0 Å². The Bertz CT molecular complexity index is 583. The van der Waals surface area contributed by atoms with Crippen LogP contribution in [-0.4, -0.2) is 40.2 Å². The summed E-state index contributed by atoms with van der Waals surface area (Å²) >= 11 is 1.21. The molecule has 1 heterocycles. The molecule has 0 saturated carbocycles. The van der Waals surface area contributed by atoms with Crippen molar-refractivity contribution in [1.29, 1.82) is 0 Å². The van der Waals surface area contributed by atoms with Crippen LogP contribution in [0.2, 0.25) is 0 Å². The predicted molar refractivity (Wildman–Crippen MR) is 83.7 cm³/mol. The minimum absolute atomic E-state index is 0.0283. The topological polar surface area (TPSA) is 57.6 Å². The van der Waals surface area contributed by atoms with Crippen molar-refractivity contribution in [3.8, 4) is 0 Å². The van der Waals surface area contributed by atoms with Crippen LogP contribution >= 0.6 is 11.8 Å². The number of carbonyl (C=O) groups is 2. The number of hydrogen-bond donors (Lipinski definition) is 1. The van der Waals surface area contributed by atoms with Crippen molar-refractivity contribution >= 4 is 23.6 Å². The highest BCUT2D eigenvalue weighted by Crippen LogP contribution is 2.28. The smallest absolute Gasteiger partial charge is 0.316 e. The van der Waals surface area contributed by atoms with Crippen molar-refractivity contribution in [2.45, 2.75) is 30.4 Å². The van der Waals surface area contributed by atoms with Gasteiger partial charge in [-0.15, -0.1) is 11.8 Å². The van der Waals surface area contributed by atoms with Gasteiger partial charge in [-0.05, 0) is 32.4 Å². The molecule has 1 unspecified atom stereocenters. The number of benzene rings is 1. The summed E-state index contributed by atoms with van der Waals surface area (Å²) in [6.07, 6.45) is 2.96. The van der Waals surface area contributed by atoms with Crippen LogP contribution in [-0.2, 0) is 4.79 Å². The molecule has 1 aromatic rings. The number of aliphatic carboxylic acids is 1. The van der Waals surface area contributed by atoms with Gasteiger partial charge in [0.25, 0.3) is 5.91 Å². The number of rotatable bonds is 4. The molecule has 0 bridgehead atoms. The van der Waals surface area contributed by atoms with E-state index in [4.69, 9.17) is 5.11 Å². The van der Waals surface area contributed by atoms with Crippen LogP contribution in [0.5, 0.6) is 0 Å². The molecule has 1 aliphatic rings. The molecule has 5 heteroatoms. The molecule has 0 fully saturated rings. The van der Waals surface area contributed by atoms with Crippen LogP contribution in [0, 0.1) is 0 Å². The lowest BCUT2D eigenvalue weighted by Gasteiger charge is -2.26.